The smallest absolute Gasteiger partial charge is 0.135 e. The topological polar surface area (TPSA) is 22.9 Å². The summed E-state index contributed by atoms with van der Waals surface area (Å²) in [6.45, 7) is 0. The molecule has 143 heavy (non-hydrogen) atoms. The largest absolute Gasteiger partial charge is 0.456 e. The van der Waals surface area contributed by atoms with Crippen molar-refractivity contribution in [2.75, 3.05) is 14.7 Å². The fourth-order valence-electron chi connectivity index (χ4n) is 22.0. The lowest BCUT2D eigenvalue weighted by molar-refractivity contribution is 0.669. The molecule has 6 heterocycles. The zero-order chi connectivity index (χ0) is 98.2. The van der Waals surface area contributed by atoms with Gasteiger partial charge in [-0.05, 0) is 208 Å². The van der Waals surface area contributed by atoms with E-state index in [-0.39, 0.29) is 29.7 Å². The molecule has 0 aliphatic heterocycles. The van der Waals surface area contributed by atoms with Crippen LogP contribution in [-0.2, 0) is 0 Å². The molecule has 0 saturated carbocycles. The summed E-state index contributed by atoms with van der Waals surface area (Å²) >= 11 is 9.42. The minimum absolute atomic E-state index is 0.180. The molecule has 0 unspecified atom stereocenters. The Bertz CT molecular complexity index is 11000. The fourth-order valence-corrected chi connectivity index (χ4v) is 28.4. The number of hydrogen-bond acceptors (Lipinski definition) is 9. The van der Waals surface area contributed by atoms with Gasteiger partial charge < -0.3 is 19.1 Å². The summed E-state index contributed by atoms with van der Waals surface area (Å²) in [6.07, 6.45) is 0. The van der Waals surface area contributed by atoms with Gasteiger partial charge in [0.25, 0.3) is 0 Å². The third kappa shape index (κ3) is 13.9. The van der Waals surface area contributed by atoms with Crippen LogP contribution in [0, 0.1) is 0 Å². The van der Waals surface area contributed by atoms with Crippen molar-refractivity contribution in [1.82, 2.24) is 0 Å². The van der Waals surface area contributed by atoms with Crippen LogP contribution in [0.15, 0.2) is 496 Å². The number of anilines is 9. The van der Waals surface area contributed by atoms with E-state index in [9.17, 15) is 0 Å². The zero-order valence-corrected chi connectivity index (χ0v) is 80.8. The molecule has 668 valence electrons. The van der Waals surface area contributed by atoms with Gasteiger partial charge in [-0.2, -0.15) is 0 Å². The highest BCUT2D eigenvalue weighted by molar-refractivity contribution is 7.29. The van der Waals surface area contributed by atoms with Gasteiger partial charge in [0.15, 0.2) is 0 Å². The Balaban J connectivity index is 0.000000105. The molecule has 4 nitrogen and oxygen atoms in total. The monoisotopic (exact) mass is 1910 g/mol. The van der Waals surface area contributed by atoms with Crippen molar-refractivity contribution in [3.63, 3.8) is 0 Å². The first-order valence-electron chi connectivity index (χ1n) is 50.6. The van der Waals surface area contributed by atoms with Crippen molar-refractivity contribution in [1.29, 1.82) is 0 Å². The predicted octanol–water partition coefficient (Wildman–Crippen LogP) is 41.8. The molecule has 0 saturated heterocycles. The van der Waals surface area contributed by atoms with Crippen molar-refractivity contribution < 1.29 is 11.3 Å². The Labute approximate surface area is 849 Å². The molecule has 0 spiro atoms. The lowest BCUT2D eigenvalue weighted by Gasteiger charge is -2.28. The highest BCUT2D eigenvalue weighted by atomic mass is 32.1. The Morgan fingerprint density at radius 1 is 0.161 bits per heavy atom. The highest BCUT2D eigenvalue weighted by Gasteiger charge is 2.28. The van der Waals surface area contributed by atoms with Crippen molar-refractivity contribution in [3.8, 4) is 22.3 Å². The molecular formula is C134H81N3OS5. The molecule has 0 amide bonds. The zero-order valence-electron chi connectivity index (χ0n) is 81.7. The fraction of sp³-hybridized carbons (Fsp3) is 0. The summed E-state index contributed by atoms with van der Waals surface area (Å²) in [5, 5.41) is 34.9. The second-order valence-electron chi connectivity index (χ2n) is 36.8. The Hall–Kier alpha value is -17.1. The number of thiophene rings is 5. The van der Waals surface area contributed by atoms with Gasteiger partial charge in [0.2, 0.25) is 0 Å². The molecule has 25 aromatic carbocycles. The minimum Gasteiger partial charge on any atom is -0.456 e. The maximum atomic E-state index is 8.58. The lowest BCUT2D eigenvalue weighted by atomic mass is 9.99. The van der Waals surface area contributed by atoms with Crippen LogP contribution in [0.5, 0.6) is 0 Å². The van der Waals surface area contributed by atoms with Crippen LogP contribution in [0.3, 0.4) is 0 Å². The Morgan fingerprint density at radius 3 is 1.17 bits per heavy atom. The van der Waals surface area contributed by atoms with Crippen LogP contribution >= 0.6 is 56.7 Å². The minimum atomic E-state index is -0.403. The first-order valence-corrected chi connectivity index (χ1v) is 52.2. The highest BCUT2D eigenvalue weighted by Crippen LogP contribution is 2.56. The van der Waals surface area contributed by atoms with Crippen LogP contribution in [0.2, 0.25) is 0 Å². The maximum Gasteiger partial charge on any atom is 0.135 e. The number of rotatable bonds is 11. The number of hydrogen-bond donors (Lipinski definition) is 0. The molecule has 0 radical (unpaired) electrons. The van der Waals surface area contributed by atoms with Gasteiger partial charge in [0.1, 0.15) is 11.2 Å². The molecule has 9 heteroatoms. The molecule has 0 bridgehead atoms. The van der Waals surface area contributed by atoms with E-state index in [1.54, 1.807) is 0 Å². The molecule has 31 rings (SSSR count). The average molecular weight is 1910 g/mol. The van der Waals surface area contributed by atoms with E-state index in [1.165, 1.54) is 210 Å². The number of nitrogens with zero attached hydrogens (tertiary/aromatic N) is 3. The SMILES string of the molecule is [2H]c1c([2H])c([2H])c(-c2ccc(N(c3ccc4oc5ccccc5c4c3)c3cc4c5ccc6ccccc6c5sc4c4ccccc34)cc2)c([2H])c1[2H].c1ccc(-c2ccc3cc(N(c4cc5c6ccccc6sc5c5ccccc45)c4cccc5c4sc4c6ccccc6ccc54)ccc3c2)cc1.c1ccc2c(c1)ccc1cc(N(c3ccc4sc5ccccc5c4c3)c3cccc4c3sc3c5ccccc5ccc43)ccc12. The molecular weight excluding hydrogens is 1830 g/mol. The third-order valence-corrected chi connectivity index (χ3v) is 35.0. The van der Waals surface area contributed by atoms with Crippen LogP contribution in [0.1, 0.15) is 6.85 Å². The first kappa shape index (κ1) is 77.8. The summed E-state index contributed by atoms with van der Waals surface area (Å²) in [5.41, 5.74) is 14.7. The normalized spacial score (nSPS) is 12.4. The molecule has 0 atom stereocenters. The van der Waals surface area contributed by atoms with Gasteiger partial charge in [-0.1, -0.05) is 370 Å². The van der Waals surface area contributed by atoms with Crippen LogP contribution in [0.4, 0.5) is 51.2 Å². The van der Waals surface area contributed by atoms with Crippen LogP contribution in [-0.4, -0.2) is 0 Å². The van der Waals surface area contributed by atoms with E-state index in [4.69, 9.17) is 11.3 Å². The maximum absolute atomic E-state index is 8.58. The van der Waals surface area contributed by atoms with Gasteiger partial charge >= 0.3 is 0 Å². The Kier molecular flexibility index (Phi) is 18.4. The number of furan rings is 1. The van der Waals surface area contributed by atoms with Gasteiger partial charge in [-0.25, -0.2) is 0 Å². The Morgan fingerprint density at radius 2 is 0.517 bits per heavy atom. The lowest BCUT2D eigenvalue weighted by Crippen LogP contribution is -2.10. The van der Waals surface area contributed by atoms with E-state index in [2.05, 4.69) is 427 Å². The second kappa shape index (κ2) is 33.9. The van der Waals surface area contributed by atoms with Crippen molar-refractivity contribution in [3.05, 3.63) is 491 Å². The molecule has 0 N–H and O–H groups in total. The van der Waals surface area contributed by atoms with Crippen LogP contribution < -0.4 is 14.7 Å². The van der Waals surface area contributed by atoms with Crippen molar-refractivity contribution in [2.24, 2.45) is 0 Å². The van der Waals surface area contributed by atoms with E-state index < -0.39 is 6.04 Å². The summed E-state index contributed by atoms with van der Waals surface area (Å²) in [6, 6.07) is 165. The summed E-state index contributed by atoms with van der Waals surface area (Å²) < 4.78 is 61.0. The van der Waals surface area contributed by atoms with E-state index in [0.717, 1.165) is 61.1 Å². The average Bonchev–Trinajstić information content (AvgIpc) is 1.56. The summed E-state index contributed by atoms with van der Waals surface area (Å²) in [4.78, 5) is 7.25. The van der Waals surface area contributed by atoms with Crippen molar-refractivity contribution >= 4 is 317 Å². The quantitative estimate of drug-likeness (QED) is 0.120. The number of fused-ring (bicyclic) bond motifs is 32. The third-order valence-electron chi connectivity index (χ3n) is 28.7. The summed E-state index contributed by atoms with van der Waals surface area (Å²) in [5.74, 6) is 0. The molecule has 0 aliphatic carbocycles. The number of para-hydroxylation sites is 1. The van der Waals surface area contributed by atoms with E-state index in [0.29, 0.717) is 5.56 Å². The standard InChI is InChI=1S/C48H29NS2.C44H27NOS.C42H25NS2/c1-2-11-30(12-3-1)32-21-22-34-28-35(25-23-33(34)27-32)49(43-19-10-18-40-41-26-24-31-13-4-5-14-36(31)46(41)51-48(40)43)44-29-42-38-16-8-9-20-45(38)50-47(42)39-17-7-6-15-37(39)44;1-2-10-28(11-3-1)29-18-21-31(22-19-29)45(32-23-25-42-38(26-32)35-15-8-9-17-41(35)46-42)40-27-39-37-24-20-30-12-4-5-13-33(30)43(37)47-44(39)36-16-7-6-14-34(36)40;1-3-10-31-26(8-1)16-17-28-24-29(19-22-32(28)31)43(30-20-23-40-37(25-30)34-12-5-6-15-39(34)44-40)38-14-7-13-35-36-21-18-27-9-2-4-11-33(27)41(36)45-42(35)38/h1-29H;1-27H;1-25H/i;1D,2D,3D,10D,11D;. The second-order valence-corrected chi connectivity index (χ2v) is 42.0. The van der Waals surface area contributed by atoms with E-state index >= 15 is 0 Å². The van der Waals surface area contributed by atoms with Crippen LogP contribution in [0.25, 0.3) is 231 Å². The van der Waals surface area contributed by atoms with Gasteiger partial charge in [0, 0.05) is 152 Å². The first-order chi connectivity index (χ1) is 72.9. The van der Waals surface area contributed by atoms with E-state index in [1.807, 2.05) is 105 Å². The van der Waals surface area contributed by atoms with Gasteiger partial charge in [-0.3, -0.25) is 0 Å². The molecule has 0 aliphatic rings. The molecule has 31 aromatic rings. The predicted molar refractivity (Wildman–Crippen MR) is 626 cm³/mol. The molecule has 6 aromatic heterocycles. The number of benzene rings is 25. The summed E-state index contributed by atoms with van der Waals surface area (Å²) in [7, 11) is 0. The van der Waals surface area contributed by atoms with Gasteiger partial charge in [0.05, 0.1) is 39.0 Å². The van der Waals surface area contributed by atoms with Gasteiger partial charge in [-0.15, -0.1) is 56.7 Å². The molecule has 0 fully saturated rings. The van der Waals surface area contributed by atoms with Crippen molar-refractivity contribution in [2.45, 2.75) is 0 Å².